The van der Waals surface area contributed by atoms with Gasteiger partial charge in [-0.15, -0.1) is 23.7 Å². The summed E-state index contributed by atoms with van der Waals surface area (Å²) in [7, 11) is 0. The molecule has 0 aliphatic heterocycles. The molecule has 2 heterocycles. The van der Waals surface area contributed by atoms with Gasteiger partial charge in [0.25, 0.3) is 5.91 Å². The summed E-state index contributed by atoms with van der Waals surface area (Å²) in [5.74, 6) is -0.384. The second kappa shape index (κ2) is 7.72. The van der Waals surface area contributed by atoms with Gasteiger partial charge in [-0.1, -0.05) is 6.07 Å². The molecule has 0 saturated heterocycles. The molecular formula is C10H14ClN5O2S. The van der Waals surface area contributed by atoms with E-state index < -0.39 is 0 Å². The second-order valence-corrected chi connectivity index (χ2v) is 4.54. The van der Waals surface area contributed by atoms with Crippen LogP contribution in [-0.2, 0) is 6.54 Å². The molecule has 0 atom stereocenters. The minimum absolute atomic E-state index is 0. The number of carbonyl (C=O) groups excluding carboxylic acids is 1. The van der Waals surface area contributed by atoms with Crippen molar-refractivity contribution < 1.29 is 9.42 Å². The number of carbonyl (C=O) groups is 1. The SMILES string of the molecule is Cl.Nc1nonc1C(=O)NCCNCc1cccs1. The summed E-state index contributed by atoms with van der Waals surface area (Å²) in [6.45, 7) is 1.94. The van der Waals surface area contributed by atoms with Gasteiger partial charge in [0.1, 0.15) is 0 Å². The lowest BCUT2D eigenvalue weighted by atomic mass is 10.4. The van der Waals surface area contributed by atoms with Crippen LogP contribution < -0.4 is 16.4 Å². The third-order valence-corrected chi connectivity index (χ3v) is 3.07. The monoisotopic (exact) mass is 303 g/mol. The van der Waals surface area contributed by atoms with E-state index in [0.717, 1.165) is 6.54 Å². The third kappa shape index (κ3) is 4.51. The van der Waals surface area contributed by atoms with Crippen molar-refractivity contribution in [2.45, 2.75) is 6.54 Å². The van der Waals surface area contributed by atoms with Crippen molar-refractivity contribution >= 4 is 35.5 Å². The molecule has 0 saturated carbocycles. The molecule has 104 valence electrons. The summed E-state index contributed by atoms with van der Waals surface area (Å²) in [6.07, 6.45) is 0. The first-order chi connectivity index (χ1) is 8.77. The van der Waals surface area contributed by atoms with E-state index in [2.05, 4.69) is 31.6 Å². The molecule has 0 unspecified atom stereocenters. The predicted molar refractivity (Wildman–Crippen MR) is 74.3 cm³/mol. The first-order valence-electron chi connectivity index (χ1n) is 5.36. The summed E-state index contributed by atoms with van der Waals surface area (Å²) in [5, 5.41) is 14.6. The average molecular weight is 304 g/mol. The fourth-order valence-electron chi connectivity index (χ4n) is 1.33. The molecule has 2 aromatic rings. The number of halogens is 1. The van der Waals surface area contributed by atoms with E-state index in [9.17, 15) is 4.79 Å². The zero-order valence-corrected chi connectivity index (χ0v) is 11.6. The standard InChI is InChI=1S/C10H13N5O2S.ClH/c11-9-8(14-17-15-9)10(16)13-4-3-12-6-7-2-1-5-18-7;/h1-2,5,12H,3-4,6H2,(H2,11,15)(H,13,16);1H. The first-order valence-corrected chi connectivity index (χ1v) is 6.24. The first kappa shape index (κ1) is 15.4. The van der Waals surface area contributed by atoms with Crippen LogP contribution >= 0.6 is 23.7 Å². The van der Waals surface area contributed by atoms with Crippen LogP contribution in [0.5, 0.6) is 0 Å². The number of nitrogens with two attached hydrogens (primary N) is 1. The van der Waals surface area contributed by atoms with Gasteiger partial charge in [0, 0.05) is 24.5 Å². The average Bonchev–Trinajstić information content (AvgIpc) is 2.99. The normalized spacial score (nSPS) is 9.89. The summed E-state index contributed by atoms with van der Waals surface area (Å²) >= 11 is 1.69. The quantitative estimate of drug-likeness (QED) is 0.677. The highest BCUT2D eigenvalue weighted by atomic mass is 35.5. The predicted octanol–water partition coefficient (Wildman–Crippen LogP) is 0.655. The van der Waals surface area contributed by atoms with Crippen LogP contribution in [0.25, 0.3) is 0 Å². The maximum absolute atomic E-state index is 11.5. The summed E-state index contributed by atoms with van der Waals surface area (Å²) in [5.41, 5.74) is 5.42. The Labute approximate surface area is 119 Å². The highest BCUT2D eigenvalue weighted by Crippen LogP contribution is 2.07. The van der Waals surface area contributed by atoms with Crippen molar-refractivity contribution in [3.63, 3.8) is 0 Å². The van der Waals surface area contributed by atoms with Crippen molar-refractivity contribution in [2.75, 3.05) is 18.8 Å². The Kier molecular flexibility index (Phi) is 6.26. The van der Waals surface area contributed by atoms with Gasteiger partial charge in [0.05, 0.1) is 0 Å². The maximum atomic E-state index is 11.5. The topological polar surface area (TPSA) is 106 Å². The Bertz CT molecular complexity index is 502. The Morgan fingerprint density at radius 1 is 1.42 bits per heavy atom. The smallest absolute Gasteiger partial charge is 0.277 e. The molecule has 0 aliphatic carbocycles. The van der Waals surface area contributed by atoms with Gasteiger partial charge in [-0.25, -0.2) is 4.63 Å². The van der Waals surface area contributed by atoms with Crippen molar-refractivity contribution in [2.24, 2.45) is 0 Å². The molecule has 0 fully saturated rings. The number of amides is 1. The minimum atomic E-state index is -0.383. The van der Waals surface area contributed by atoms with Gasteiger partial charge in [0.15, 0.2) is 0 Å². The molecule has 2 rings (SSSR count). The van der Waals surface area contributed by atoms with Crippen LogP contribution in [0.3, 0.4) is 0 Å². The fourth-order valence-corrected chi connectivity index (χ4v) is 2.00. The molecule has 19 heavy (non-hydrogen) atoms. The Hall–Kier alpha value is -1.64. The minimum Gasteiger partial charge on any atom is -0.379 e. The number of nitrogens with zero attached hydrogens (tertiary/aromatic N) is 2. The van der Waals surface area contributed by atoms with Crippen molar-refractivity contribution in [1.29, 1.82) is 0 Å². The molecule has 0 bridgehead atoms. The maximum Gasteiger partial charge on any atom is 0.277 e. The van der Waals surface area contributed by atoms with Gasteiger partial charge in [-0.3, -0.25) is 4.79 Å². The Morgan fingerprint density at radius 2 is 2.26 bits per heavy atom. The zero-order valence-electron chi connectivity index (χ0n) is 9.96. The van der Waals surface area contributed by atoms with Gasteiger partial charge < -0.3 is 16.4 Å². The molecule has 0 radical (unpaired) electrons. The molecule has 7 nitrogen and oxygen atoms in total. The molecule has 4 N–H and O–H groups in total. The number of rotatable bonds is 6. The second-order valence-electron chi connectivity index (χ2n) is 3.51. The number of thiophene rings is 1. The molecule has 1 amide bonds. The van der Waals surface area contributed by atoms with Gasteiger partial charge in [0.2, 0.25) is 11.5 Å². The molecule has 0 aliphatic rings. The Balaban J connectivity index is 0.00000180. The number of hydrogen-bond acceptors (Lipinski definition) is 7. The summed E-state index contributed by atoms with van der Waals surface area (Å²) < 4.78 is 4.34. The lowest BCUT2D eigenvalue weighted by Gasteiger charge is -2.04. The van der Waals surface area contributed by atoms with Gasteiger partial charge in [-0.05, 0) is 21.8 Å². The number of nitrogens with one attached hydrogen (secondary N) is 2. The lowest BCUT2D eigenvalue weighted by Crippen LogP contribution is -2.32. The Morgan fingerprint density at radius 3 is 2.89 bits per heavy atom. The highest BCUT2D eigenvalue weighted by molar-refractivity contribution is 7.09. The van der Waals surface area contributed by atoms with Crippen molar-refractivity contribution in [3.05, 3.63) is 28.1 Å². The van der Waals surface area contributed by atoms with Crippen LogP contribution in [0, 0.1) is 0 Å². The molecule has 0 spiro atoms. The van der Waals surface area contributed by atoms with Crippen LogP contribution in [0.4, 0.5) is 5.82 Å². The van der Waals surface area contributed by atoms with Crippen molar-refractivity contribution in [3.8, 4) is 0 Å². The number of aromatic nitrogens is 2. The third-order valence-electron chi connectivity index (χ3n) is 2.20. The number of hydrogen-bond donors (Lipinski definition) is 3. The van der Waals surface area contributed by atoms with Crippen LogP contribution in [0.15, 0.2) is 22.1 Å². The van der Waals surface area contributed by atoms with Crippen LogP contribution in [0.2, 0.25) is 0 Å². The van der Waals surface area contributed by atoms with E-state index in [0.29, 0.717) is 13.1 Å². The fraction of sp³-hybridized carbons (Fsp3) is 0.300. The van der Waals surface area contributed by atoms with E-state index in [1.165, 1.54) is 4.88 Å². The van der Waals surface area contributed by atoms with Gasteiger partial charge >= 0.3 is 0 Å². The van der Waals surface area contributed by atoms with Crippen LogP contribution in [-0.4, -0.2) is 29.3 Å². The molecular weight excluding hydrogens is 290 g/mol. The van der Waals surface area contributed by atoms with E-state index in [1.54, 1.807) is 11.3 Å². The van der Waals surface area contributed by atoms with E-state index in [-0.39, 0.29) is 29.8 Å². The van der Waals surface area contributed by atoms with E-state index >= 15 is 0 Å². The van der Waals surface area contributed by atoms with Crippen molar-refractivity contribution in [1.82, 2.24) is 20.9 Å². The highest BCUT2D eigenvalue weighted by Gasteiger charge is 2.14. The largest absolute Gasteiger partial charge is 0.379 e. The van der Waals surface area contributed by atoms with E-state index in [4.69, 9.17) is 5.73 Å². The zero-order chi connectivity index (χ0) is 12.8. The number of nitrogen functional groups attached to an aromatic ring is 1. The van der Waals surface area contributed by atoms with E-state index in [1.807, 2.05) is 11.4 Å². The molecule has 0 aromatic carbocycles. The number of anilines is 1. The lowest BCUT2D eigenvalue weighted by molar-refractivity contribution is 0.0944. The summed E-state index contributed by atoms with van der Waals surface area (Å²) in [4.78, 5) is 12.8. The van der Waals surface area contributed by atoms with Crippen LogP contribution in [0.1, 0.15) is 15.4 Å². The molecule has 2 aromatic heterocycles. The molecule has 9 heteroatoms. The van der Waals surface area contributed by atoms with Gasteiger partial charge in [-0.2, -0.15) is 0 Å². The summed E-state index contributed by atoms with van der Waals surface area (Å²) in [6, 6.07) is 4.06.